The Bertz CT molecular complexity index is 320. The summed E-state index contributed by atoms with van der Waals surface area (Å²) in [5, 5.41) is 2.81. The minimum Gasteiger partial charge on any atom is -0.353 e. The van der Waals surface area contributed by atoms with Gasteiger partial charge in [0.25, 0.3) is 0 Å². The Morgan fingerprint density at radius 1 is 1.59 bits per heavy atom. The van der Waals surface area contributed by atoms with E-state index in [1.54, 1.807) is 4.90 Å². The fourth-order valence-corrected chi connectivity index (χ4v) is 2.78. The van der Waals surface area contributed by atoms with Crippen LogP contribution >= 0.6 is 0 Å². The van der Waals surface area contributed by atoms with E-state index >= 15 is 0 Å². The number of amides is 2. The van der Waals surface area contributed by atoms with Crippen LogP contribution in [0, 0.1) is 5.41 Å². The molecule has 0 spiro atoms. The van der Waals surface area contributed by atoms with Gasteiger partial charge in [-0.1, -0.05) is 13.3 Å². The highest BCUT2D eigenvalue weighted by Gasteiger charge is 2.47. The molecule has 1 heterocycles. The Kier molecular flexibility index (Phi) is 3.38. The molecule has 5 nitrogen and oxygen atoms in total. The van der Waals surface area contributed by atoms with E-state index < -0.39 is 0 Å². The van der Waals surface area contributed by atoms with Crippen LogP contribution < -0.4 is 11.1 Å². The second kappa shape index (κ2) is 4.64. The summed E-state index contributed by atoms with van der Waals surface area (Å²) < 4.78 is 0. The number of nitrogens with one attached hydrogen (secondary N) is 1. The van der Waals surface area contributed by atoms with Crippen molar-refractivity contribution in [3.63, 3.8) is 0 Å². The van der Waals surface area contributed by atoms with Crippen LogP contribution in [0.4, 0.5) is 0 Å². The van der Waals surface area contributed by atoms with Crippen molar-refractivity contribution >= 4 is 11.8 Å². The Hall–Kier alpha value is -1.10. The molecule has 2 amide bonds. The average molecular weight is 239 g/mol. The van der Waals surface area contributed by atoms with E-state index in [1.165, 1.54) is 0 Å². The van der Waals surface area contributed by atoms with Gasteiger partial charge >= 0.3 is 0 Å². The van der Waals surface area contributed by atoms with Gasteiger partial charge in [-0.25, -0.2) is 0 Å². The number of hydrogen-bond donors (Lipinski definition) is 2. The summed E-state index contributed by atoms with van der Waals surface area (Å²) in [5.41, 5.74) is 5.38. The molecule has 96 valence electrons. The first-order valence-electron chi connectivity index (χ1n) is 6.43. The van der Waals surface area contributed by atoms with Crippen LogP contribution in [-0.4, -0.2) is 42.4 Å². The summed E-state index contributed by atoms with van der Waals surface area (Å²) >= 11 is 0. The molecule has 2 fully saturated rings. The molecule has 1 saturated carbocycles. The van der Waals surface area contributed by atoms with E-state index in [4.69, 9.17) is 5.73 Å². The van der Waals surface area contributed by atoms with Crippen molar-refractivity contribution in [2.24, 2.45) is 11.1 Å². The van der Waals surface area contributed by atoms with Gasteiger partial charge in [0, 0.05) is 19.6 Å². The molecule has 5 heteroatoms. The average Bonchev–Trinajstić information content (AvgIpc) is 2.27. The molecule has 3 N–H and O–H groups in total. The molecule has 1 aliphatic carbocycles. The molecule has 0 aromatic rings. The number of piperazine rings is 1. The zero-order valence-corrected chi connectivity index (χ0v) is 10.4. The highest BCUT2D eigenvalue weighted by atomic mass is 16.2. The lowest BCUT2D eigenvalue weighted by Gasteiger charge is -2.45. The molecule has 1 atom stereocenters. The van der Waals surface area contributed by atoms with Gasteiger partial charge < -0.3 is 16.0 Å². The number of carbonyl (C=O) groups is 2. The Labute approximate surface area is 102 Å². The quantitative estimate of drug-likeness (QED) is 0.719. The molecule has 0 radical (unpaired) electrons. The van der Waals surface area contributed by atoms with Crippen LogP contribution in [-0.2, 0) is 9.59 Å². The maximum Gasteiger partial charge on any atom is 0.242 e. The monoisotopic (exact) mass is 239 g/mol. The SMILES string of the molecule is CCC1C(=O)NCCN1C(=O)C1(CN)CCC1. The van der Waals surface area contributed by atoms with Crippen molar-refractivity contribution in [2.45, 2.75) is 38.6 Å². The van der Waals surface area contributed by atoms with Gasteiger partial charge in [-0.3, -0.25) is 9.59 Å². The Morgan fingerprint density at radius 3 is 2.76 bits per heavy atom. The summed E-state index contributed by atoms with van der Waals surface area (Å²) in [5.74, 6) is 0.0616. The first-order valence-corrected chi connectivity index (χ1v) is 6.43. The van der Waals surface area contributed by atoms with Gasteiger partial charge in [-0.2, -0.15) is 0 Å². The highest BCUT2D eigenvalue weighted by molar-refractivity contribution is 5.91. The Morgan fingerprint density at radius 2 is 2.29 bits per heavy atom. The maximum atomic E-state index is 12.5. The number of nitrogens with zero attached hydrogens (tertiary/aromatic N) is 1. The normalized spacial score (nSPS) is 27.3. The number of carbonyl (C=O) groups excluding carboxylic acids is 2. The summed E-state index contributed by atoms with van der Waals surface area (Å²) in [6.45, 7) is 3.51. The molecule has 17 heavy (non-hydrogen) atoms. The van der Waals surface area contributed by atoms with Gasteiger partial charge in [-0.05, 0) is 19.3 Å². The lowest BCUT2D eigenvalue weighted by Crippen LogP contribution is -2.62. The summed E-state index contributed by atoms with van der Waals surface area (Å²) in [6.07, 6.45) is 3.48. The van der Waals surface area contributed by atoms with E-state index in [0.717, 1.165) is 19.3 Å². The number of nitrogens with two attached hydrogens (primary N) is 1. The molecule has 2 aliphatic rings. The molecule has 0 bridgehead atoms. The van der Waals surface area contributed by atoms with E-state index in [-0.39, 0.29) is 23.3 Å². The largest absolute Gasteiger partial charge is 0.353 e. The minimum absolute atomic E-state index is 0.0291. The first kappa shape index (κ1) is 12.4. The van der Waals surface area contributed by atoms with Gasteiger partial charge in [0.15, 0.2) is 0 Å². The number of rotatable bonds is 3. The second-order valence-electron chi connectivity index (χ2n) is 5.05. The lowest BCUT2D eigenvalue weighted by molar-refractivity contribution is -0.155. The summed E-state index contributed by atoms with van der Waals surface area (Å²) in [4.78, 5) is 26.0. The maximum absolute atomic E-state index is 12.5. The van der Waals surface area contributed by atoms with E-state index in [0.29, 0.717) is 26.1 Å². The second-order valence-corrected chi connectivity index (χ2v) is 5.05. The number of hydrogen-bond acceptors (Lipinski definition) is 3. The van der Waals surface area contributed by atoms with Crippen LogP contribution in [0.15, 0.2) is 0 Å². The first-order chi connectivity index (χ1) is 8.14. The van der Waals surface area contributed by atoms with Gasteiger partial charge in [0.1, 0.15) is 6.04 Å². The van der Waals surface area contributed by atoms with Crippen LogP contribution in [0.5, 0.6) is 0 Å². The molecule has 1 saturated heterocycles. The topological polar surface area (TPSA) is 75.4 Å². The van der Waals surface area contributed by atoms with E-state index in [9.17, 15) is 9.59 Å². The van der Waals surface area contributed by atoms with Crippen LogP contribution in [0.1, 0.15) is 32.6 Å². The molecule has 0 aromatic carbocycles. The van der Waals surface area contributed by atoms with Crippen LogP contribution in [0.3, 0.4) is 0 Å². The van der Waals surface area contributed by atoms with Crippen molar-refractivity contribution in [3.8, 4) is 0 Å². The zero-order chi connectivity index (χ0) is 12.5. The third kappa shape index (κ3) is 1.92. The van der Waals surface area contributed by atoms with Crippen molar-refractivity contribution < 1.29 is 9.59 Å². The predicted molar refractivity (Wildman–Crippen MR) is 64.1 cm³/mol. The molecule has 0 aromatic heterocycles. The van der Waals surface area contributed by atoms with Gasteiger partial charge in [0.05, 0.1) is 5.41 Å². The Balaban J connectivity index is 2.14. The fraction of sp³-hybridized carbons (Fsp3) is 0.833. The van der Waals surface area contributed by atoms with Crippen molar-refractivity contribution in [3.05, 3.63) is 0 Å². The van der Waals surface area contributed by atoms with Crippen molar-refractivity contribution in [1.29, 1.82) is 0 Å². The third-order valence-electron chi connectivity index (χ3n) is 4.13. The van der Waals surface area contributed by atoms with E-state index in [1.807, 2.05) is 6.92 Å². The summed E-state index contributed by atoms with van der Waals surface area (Å²) in [6, 6.07) is -0.305. The molecular weight excluding hydrogens is 218 g/mol. The highest BCUT2D eigenvalue weighted by Crippen LogP contribution is 2.42. The van der Waals surface area contributed by atoms with Gasteiger partial charge in [0.2, 0.25) is 11.8 Å². The predicted octanol–water partition coefficient (Wildman–Crippen LogP) is -0.148. The van der Waals surface area contributed by atoms with Gasteiger partial charge in [-0.15, -0.1) is 0 Å². The summed E-state index contributed by atoms with van der Waals surface area (Å²) in [7, 11) is 0. The molecule has 2 rings (SSSR count). The molecule has 1 aliphatic heterocycles. The van der Waals surface area contributed by atoms with Crippen LogP contribution in [0.25, 0.3) is 0 Å². The third-order valence-corrected chi connectivity index (χ3v) is 4.13. The molecule has 1 unspecified atom stereocenters. The van der Waals surface area contributed by atoms with Crippen molar-refractivity contribution in [2.75, 3.05) is 19.6 Å². The van der Waals surface area contributed by atoms with E-state index in [2.05, 4.69) is 5.32 Å². The lowest BCUT2D eigenvalue weighted by atomic mass is 9.67. The minimum atomic E-state index is -0.370. The fourth-order valence-electron chi connectivity index (χ4n) is 2.78. The molecular formula is C12H21N3O2. The van der Waals surface area contributed by atoms with Crippen LogP contribution in [0.2, 0.25) is 0 Å². The smallest absolute Gasteiger partial charge is 0.242 e. The standard InChI is InChI=1S/C12H21N3O2/c1-2-9-10(16)14-6-7-15(9)11(17)12(8-13)4-3-5-12/h9H,2-8,13H2,1H3,(H,14,16). The zero-order valence-electron chi connectivity index (χ0n) is 10.4. The van der Waals surface area contributed by atoms with Crippen molar-refractivity contribution in [1.82, 2.24) is 10.2 Å².